The van der Waals surface area contributed by atoms with Crippen molar-refractivity contribution in [2.45, 2.75) is 63.3 Å². The van der Waals surface area contributed by atoms with Gasteiger partial charge in [-0.05, 0) is 51.7 Å². The smallest absolute Gasteiger partial charge is 0.145 e. The molecular weight excluding hydrogens is 260 g/mol. The second kappa shape index (κ2) is 4.65. The minimum atomic E-state index is -0.196. The number of hydrogen-bond acceptors (Lipinski definition) is 3. The predicted molar refractivity (Wildman–Crippen MR) is 81.3 cm³/mol. The Morgan fingerprint density at radius 1 is 1.10 bits per heavy atom. The molecule has 0 bridgehead atoms. The van der Waals surface area contributed by atoms with Gasteiger partial charge in [0.15, 0.2) is 0 Å². The first kappa shape index (κ1) is 13.0. The molecule has 4 heteroatoms. The van der Waals surface area contributed by atoms with E-state index in [2.05, 4.69) is 45.7 Å². The zero-order valence-corrected chi connectivity index (χ0v) is 12.8. The fourth-order valence-corrected chi connectivity index (χ4v) is 3.21. The van der Waals surface area contributed by atoms with E-state index in [9.17, 15) is 0 Å². The third-order valence-corrected chi connectivity index (χ3v) is 4.97. The monoisotopic (exact) mass is 282 g/mol. The summed E-state index contributed by atoms with van der Waals surface area (Å²) in [5, 5.41) is 9.18. The molecule has 0 saturated heterocycles. The van der Waals surface area contributed by atoms with Gasteiger partial charge in [0, 0.05) is 18.2 Å². The molecule has 2 saturated carbocycles. The van der Waals surface area contributed by atoms with Crippen molar-refractivity contribution >= 4 is 0 Å². The highest BCUT2D eigenvalue weighted by molar-refractivity contribution is 5.27. The molecule has 2 heterocycles. The Hall–Kier alpha value is -1.71. The van der Waals surface area contributed by atoms with Crippen LogP contribution in [0.1, 0.15) is 75.3 Å². The fraction of sp³-hybridized carbons (Fsp3) is 0.588. The van der Waals surface area contributed by atoms with Crippen molar-refractivity contribution in [2.75, 3.05) is 0 Å². The van der Waals surface area contributed by atoms with Crippen molar-refractivity contribution in [3.8, 4) is 0 Å². The highest BCUT2D eigenvalue weighted by atomic mass is 15.3. The number of aromatic nitrogens is 4. The van der Waals surface area contributed by atoms with Gasteiger partial charge in [0.25, 0.3) is 0 Å². The van der Waals surface area contributed by atoms with E-state index in [4.69, 9.17) is 0 Å². The topological polar surface area (TPSA) is 43.6 Å². The summed E-state index contributed by atoms with van der Waals surface area (Å²) >= 11 is 0. The molecule has 2 aliphatic rings. The van der Waals surface area contributed by atoms with E-state index in [-0.39, 0.29) is 5.41 Å². The number of hydrogen-bond donors (Lipinski definition) is 0. The van der Waals surface area contributed by atoms with Gasteiger partial charge in [0.1, 0.15) is 11.6 Å². The molecule has 4 rings (SSSR count). The van der Waals surface area contributed by atoms with Gasteiger partial charge in [-0.3, -0.25) is 4.98 Å². The SMILES string of the molecule is CC(C)(c1ccccn1)c1nnc(C2CCC2)n1C1CC1. The van der Waals surface area contributed by atoms with E-state index in [0.717, 1.165) is 11.5 Å². The van der Waals surface area contributed by atoms with E-state index in [1.807, 2.05) is 12.3 Å². The molecule has 0 N–H and O–H groups in total. The molecular formula is C17H22N4. The maximum atomic E-state index is 4.60. The zero-order chi connectivity index (χ0) is 14.4. The quantitative estimate of drug-likeness (QED) is 0.860. The van der Waals surface area contributed by atoms with E-state index in [1.165, 1.54) is 37.9 Å². The summed E-state index contributed by atoms with van der Waals surface area (Å²) < 4.78 is 2.44. The molecule has 0 unspecified atom stereocenters. The van der Waals surface area contributed by atoms with Crippen molar-refractivity contribution in [1.29, 1.82) is 0 Å². The summed E-state index contributed by atoms with van der Waals surface area (Å²) in [5.74, 6) is 2.94. The lowest BCUT2D eigenvalue weighted by Gasteiger charge is -2.28. The lowest BCUT2D eigenvalue weighted by Crippen LogP contribution is -2.27. The Bertz CT molecular complexity index is 636. The zero-order valence-electron chi connectivity index (χ0n) is 12.8. The summed E-state index contributed by atoms with van der Waals surface area (Å²) in [7, 11) is 0. The van der Waals surface area contributed by atoms with E-state index >= 15 is 0 Å². The van der Waals surface area contributed by atoms with Crippen LogP contribution in [0, 0.1) is 0 Å². The summed E-state index contributed by atoms with van der Waals surface area (Å²) in [6.07, 6.45) is 8.28. The van der Waals surface area contributed by atoms with Crippen molar-refractivity contribution < 1.29 is 0 Å². The van der Waals surface area contributed by atoms with Crippen molar-refractivity contribution in [3.63, 3.8) is 0 Å². The van der Waals surface area contributed by atoms with Crippen molar-refractivity contribution in [1.82, 2.24) is 19.7 Å². The molecule has 2 aromatic rings. The van der Waals surface area contributed by atoms with Gasteiger partial charge in [-0.25, -0.2) is 0 Å². The molecule has 0 aliphatic heterocycles. The molecule has 110 valence electrons. The molecule has 0 spiro atoms. The van der Waals surface area contributed by atoms with E-state index < -0.39 is 0 Å². The van der Waals surface area contributed by atoms with Gasteiger partial charge in [0.05, 0.1) is 11.1 Å². The Balaban J connectivity index is 1.79. The second-order valence-electron chi connectivity index (χ2n) is 6.95. The number of nitrogens with zero attached hydrogens (tertiary/aromatic N) is 4. The van der Waals surface area contributed by atoms with Crippen LogP contribution >= 0.6 is 0 Å². The van der Waals surface area contributed by atoms with Crippen LogP contribution in [-0.2, 0) is 5.41 Å². The summed E-state index contributed by atoms with van der Waals surface area (Å²) in [5.41, 5.74) is 0.873. The Labute approximate surface area is 125 Å². The molecule has 2 aromatic heterocycles. The van der Waals surface area contributed by atoms with Crippen LogP contribution in [0.3, 0.4) is 0 Å². The summed E-state index contributed by atoms with van der Waals surface area (Å²) in [4.78, 5) is 4.55. The first-order valence-corrected chi connectivity index (χ1v) is 8.04. The third-order valence-electron chi connectivity index (χ3n) is 4.97. The van der Waals surface area contributed by atoms with Gasteiger partial charge >= 0.3 is 0 Å². The first-order chi connectivity index (χ1) is 10.2. The van der Waals surface area contributed by atoms with Crippen molar-refractivity contribution in [2.24, 2.45) is 0 Å². The highest BCUT2D eigenvalue weighted by Crippen LogP contribution is 2.45. The van der Waals surface area contributed by atoms with Crippen LogP contribution in [0.25, 0.3) is 0 Å². The van der Waals surface area contributed by atoms with Gasteiger partial charge in [-0.2, -0.15) is 0 Å². The van der Waals surface area contributed by atoms with Crippen LogP contribution in [0.5, 0.6) is 0 Å². The molecule has 0 amide bonds. The van der Waals surface area contributed by atoms with Gasteiger partial charge in [-0.1, -0.05) is 12.5 Å². The van der Waals surface area contributed by atoms with E-state index in [0.29, 0.717) is 12.0 Å². The minimum Gasteiger partial charge on any atom is -0.311 e. The van der Waals surface area contributed by atoms with Crippen LogP contribution < -0.4 is 0 Å². The van der Waals surface area contributed by atoms with Crippen LogP contribution in [0.15, 0.2) is 24.4 Å². The third kappa shape index (κ3) is 2.08. The Morgan fingerprint density at radius 3 is 2.48 bits per heavy atom. The number of pyridine rings is 1. The Morgan fingerprint density at radius 2 is 1.90 bits per heavy atom. The van der Waals surface area contributed by atoms with Crippen LogP contribution in [0.4, 0.5) is 0 Å². The van der Waals surface area contributed by atoms with E-state index in [1.54, 1.807) is 0 Å². The maximum absolute atomic E-state index is 4.60. The standard InChI is InChI=1S/C17H22N4/c1-17(2,14-8-3-4-11-18-14)16-20-19-15(12-6-5-7-12)21(16)13-9-10-13/h3-4,8,11-13H,5-7,9-10H2,1-2H3. The maximum Gasteiger partial charge on any atom is 0.145 e. The fourth-order valence-electron chi connectivity index (χ4n) is 3.21. The molecule has 21 heavy (non-hydrogen) atoms. The molecule has 4 nitrogen and oxygen atoms in total. The molecule has 2 aliphatic carbocycles. The van der Waals surface area contributed by atoms with Gasteiger partial charge in [-0.15, -0.1) is 10.2 Å². The molecule has 0 radical (unpaired) electrons. The van der Waals surface area contributed by atoms with Crippen LogP contribution in [0.2, 0.25) is 0 Å². The lowest BCUT2D eigenvalue weighted by atomic mass is 9.84. The molecule has 2 fully saturated rings. The summed E-state index contributed by atoms with van der Waals surface area (Å²) in [6, 6.07) is 6.72. The van der Waals surface area contributed by atoms with Gasteiger partial charge in [0.2, 0.25) is 0 Å². The highest BCUT2D eigenvalue weighted by Gasteiger charge is 2.39. The molecule has 0 aromatic carbocycles. The average Bonchev–Trinajstić information content (AvgIpc) is 3.18. The normalized spacial score (nSPS) is 19.5. The molecule has 0 atom stereocenters. The number of rotatable bonds is 4. The first-order valence-electron chi connectivity index (χ1n) is 8.04. The average molecular weight is 282 g/mol. The van der Waals surface area contributed by atoms with Gasteiger partial charge < -0.3 is 4.57 Å². The van der Waals surface area contributed by atoms with Crippen molar-refractivity contribution in [3.05, 3.63) is 41.7 Å². The lowest BCUT2D eigenvalue weighted by molar-refractivity contribution is 0.381. The predicted octanol–water partition coefficient (Wildman–Crippen LogP) is 3.60. The summed E-state index contributed by atoms with van der Waals surface area (Å²) in [6.45, 7) is 4.42. The minimum absolute atomic E-state index is 0.196. The Kier molecular flexibility index (Phi) is 2.88. The second-order valence-corrected chi connectivity index (χ2v) is 6.95. The van der Waals surface area contributed by atoms with Crippen LogP contribution in [-0.4, -0.2) is 19.7 Å². The largest absolute Gasteiger partial charge is 0.311 e.